The number of hydrogen-bond acceptors (Lipinski definition) is 5. The summed E-state index contributed by atoms with van der Waals surface area (Å²) in [4.78, 5) is 28.5. The number of hydrogen-bond donors (Lipinski definition) is 1. The van der Waals surface area contributed by atoms with Crippen molar-refractivity contribution in [2.75, 3.05) is 12.8 Å². The fourth-order valence-corrected chi connectivity index (χ4v) is 2.81. The highest BCUT2D eigenvalue weighted by atomic mass is 32.2. The second kappa shape index (κ2) is 6.38. The van der Waals surface area contributed by atoms with Crippen molar-refractivity contribution in [3.63, 3.8) is 0 Å². The number of rotatable bonds is 6. The van der Waals surface area contributed by atoms with Gasteiger partial charge in [-0.2, -0.15) is 0 Å². The van der Waals surface area contributed by atoms with E-state index in [1.54, 1.807) is 11.3 Å². The summed E-state index contributed by atoms with van der Waals surface area (Å²) in [5.74, 6) is -0.283. The first-order valence-electron chi connectivity index (χ1n) is 5.74. The molecule has 7 heteroatoms. The molecule has 0 aliphatic rings. The molecule has 0 unspecified atom stereocenters. The molecule has 0 atom stereocenters. The normalized spacial score (nSPS) is 11.4. The third kappa shape index (κ3) is 4.21. The van der Waals surface area contributed by atoms with E-state index in [1.807, 2.05) is 12.3 Å². The molecular formula is C12H18N2O3S2. The van der Waals surface area contributed by atoms with E-state index in [9.17, 15) is 9.59 Å². The minimum absolute atomic E-state index is 0.190. The van der Waals surface area contributed by atoms with E-state index < -0.39 is 11.5 Å². The number of carboxylic acid groups (broad SMARTS) is 1. The molecule has 1 rings (SSSR count). The fourth-order valence-electron chi connectivity index (χ4n) is 1.27. The first-order chi connectivity index (χ1) is 8.75. The van der Waals surface area contributed by atoms with Crippen molar-refractivity contribution in [3.05, 3.63) is 16.1 Å². The zero-order valence-corrected chi connectivity index (χ0v) is 13.1. The van der Waals surface area contributed by atoms with Gasteiger partial charge in [-0.15, -0.1) is 23.1 Å². The maximum atomic E-state index is 11.9. The predicted octanol–water partition coefficient (Wildman–Crippen LogP) is 2.01. The molecule has 0 aliphatic heterocycles. The molecule has 1 amide bonds. The van der Waals surface area contributed by atoms with Gasteiger partial charge in [0.15, 0.2) is 0 Å². The van der Waals surface area contributed by atoms with Crippen LogP contribution < -0.4 is 0 Å². The number of carbonyl (C=O) groups is 2. The molecule has 0 fully saturated rings. The van der Waals surface area contributed by atoms with E-state index in [-0.39, 0.29) is 11.7 Å². The lowest BCUT2D eigenvalue weighted by Gasteiger charge is -2.31. The Hall–Kier alpha value is -1.08. The topological polar surface area (TPSA) is 70.5 Å². The molecule has 0 radical (unpaired) electrons. The first-order valence-corrected chi connectivity index (χ1v) is 7.77. The van der Waals surface area contributed by atoms with Crippen molar-refractivity contribution in [1.29, 1.82) is 0 Å². The minimum Gasteiger partial charge on any atom is -0.480 e. The number of thioether (sulfide) groups is 1. The molecule has 0 spiro atoms. The van der Waals surface area contributed by atoms with Gasteiger partial charge < -0.3 is 10.0 Å². The second-order valence-electron chi connectivity index (χ2n) is 4.67. The molecule has 106 valence electrons. The van der Waals surface area contributed by atoms with Gasteiger partial charge in [0.25, 0.3) is 0 Å². The average molecular weight is 302 g/mol. The lowest BCUT2D eigenvalue weighted by atomic mass is 10.0. The summed E-state index contributed by atoms with van der Waals surface area (Å²) in [6.45, 7) is 4.97. The Morgan fingerprint density at radius 1 is 1.53 bits per heavy atom. The number of thiazole rings is 1. The van der Waals surface area contributed by atoms with Gasteiger partial charge in [0.1, 0.15) is 5.54 Å². The van der Waals surface area contributed by atoms with Crippen LogP contribution in [0.2, 0.25) is 0 Å². The molecule has 0 aromatic carbocycles. The molecule has 19 heavy (non-hydrogen) atoms. The third-order valence-electron chi connectivity index (χ3n) is 2.88. The summed E-state index contributed by atoms with van der Waals surface area (Å²) in [6, 6.07) is 0. The molecule has 0 bridgehead atoms. The van der Waals surface area contributed by atoms with Crippen LogP contribution in [0.25, 0.3) is 0 Å². The Morgan fingerprint density at radius 2 is 2.16 bits per heavy atom. The lowest BCUT2D eigenvalue weighted by molar-refractivity contribution is -0.154. The highest BCUT2D eigenvalue weighted by Gasteiger charge is 2.34. The van der Waals surface area contributed by atoms with Crippen LogP contribution in [-0.2, 0) is 15.3 Å². The van der Waals surface area contributed by atoms with E-state index in [4.69, 9.17) is 5.11 Å². The molecule has 5 nitrogen and oxygen atoms in total. The van der Waals surface area contributed by atoms with Gasteiger partial charge in [-0.25, -0.2) is 9.78 Å². The highest BCUT2D eigenvalue weighted by Crippen LogP contribution is 2.18. The van der Waals surface area contributed by atoms with Crippen molar-refractivity contribution in [2.24, 2.45) is 0 Å². The summed E-state index contributed by atoms with van der Waals surface area (Å²) < 4.78 is 0. The molecular weight excluding hydrogens is 284 g/mol. The van der Waals surface area contributed by atoms with Crippen molar-refractivity contribution >= 4 is 35.0 Å². The van der Waals surface area contributed by atoms with Crippen LogP contribution in [0, 0.1) is 6.92 Å². The fraction of sp³-hybridized carbons (Fsp3) is 0.583. The van der Waals surface area contributed by atoms with E-state index in [1.165, 1.54) is 37.6 Å². The van der Waals surface area contributed by atoms with Gasteiger partial charge in [0, 0.05) is 18.2 Å². The zero-order valence-electron chi connectivity index (χ0n) is 11.5. The van der Waals surface area contributed by atoms with Crippen LogP contribution in [0.15, 0.2) is 5.38 Å². The lowest BCUT2D eigenvalue weighted by Crippen LogP contribution is -2.51. The second-order valence-corrected chi connectivity index (χ2v) is 6.72. The maximum Gasteiger partial charge on any atom is 0.329 e. The number of aryl methyl sites for hydroxylation is 1. The summed E-state index contributed by atoms with van der Waals surface area (Å²) >= 11 is 3.02. The van der Waals surface area contributed by atoms with Crippen LogP contribution in [0.3, 0.4) is 0 Å². The van der Waals surface area contributed by atoms with Crippen LogP contribution in [0.5, 0.6) is 0 Å². The molecule has 1 N–H and O–H groups in total. The van der Waals surface area contributed by atoms with Crippen molar-refractivity contribution in [1.82, 2.24) is 9.88 Å². The molecule has 1 aromatic heterocycles. The largest absolute Gasteiger partial charge is 0.480 e. The summed E-state index contributed by atoms with van der Waals surface area (Å²) in [7, 11) is 1.52. The van der Waals surface area contributed by atoms with Crippen molar-refractivity contribution in [3.8, 4) is 0 Å². The van der Waals surface area contributed by atoms with E-state index in [0.29, 0.717) is 5.75 Å². The standard InChI is InChI=1S/C12H18N2O3S2/c1-8-13-9(6-19-8)5-18-7-10(15)14(4)12(2,3)11(16)17/h6H,5,7H2,1-4H3,(H,16,17). The third-order valence-corrected chi connectivity index (χ3v) is 4.65. The molecule has 0 saturated carbocycles. The SMILES string of the molecule is Cc1nc(CSCC(=O)N(C)C(C)(C)C(=O)O)cs1. The van der Waals surface area contributed by atoms with Gasteiger partial charge in [-0.1, -0.05) is 0 Å². The van der Waals surface area contributed by atoms with Crippen molar-refractivity contribution < 1.29 is 14.7 Å². The monoisotopic (exact) mass is 302 g/mol. The Morgan fingerprint density at radius 3 is 2.63 bits per heavy atom. The summed E-state index contributed by atoms with van der Waals surface area (Å²) in [5, 5.41) is 12.0. The zero-order chi connectivity index (χ0) is 14.6. The smallest absolute Gasteiger partial charge is 0.329 e. The predicted molar refractivity (Wildman–Crippen MR) is 77.5 cm³/mol. The van der Waals surface area contributed by atoms with Gasteiger partial charge >= 0.3 is 5.97 Å². The number of nitrogens with zero attached hydrogens (tertiary/aromatic N) is 2. The number of carbonyl (C=O) groups excluding carboxylic acids is 1. The number of carboxylic acids is 1. The van der Waals surface area contributed by atoms with Crippen LogP contribution in [-0.4, -0.2) is 45.2 Å². The van der Waals surface area contributed by atoms with E-state index in [2.05, 4.69) is 4.98 Å². The quantitative estimate of drug-likeness (QED) is 0.870. The van der Waals surface area contributed by atoms with Crippen LogP contribution >= 0.6 is 23.1 Å². The van der Waals surface area contributed by atoms with Crippen LogP contribution in [0.1, 0.15) is 24.5 Å². The Labute approximate surface area is 121 Å². The number of aliphatic carboxylic acids is 1. The minimum atomic E-state index is -1.19. The van der Waals surface area contributed by atoms with Gasteiger partial charge in [-0.05, 0) is 20.8 Å². The van der Waals surface area contributed by atoms with Gasteiger partial charge in [0.2, 0.25) is 5.91 Å². The van der Waals surface area contributed by atoms with Gasteiger partial charge in [0.05, 0.1) is 16.5 Å². The summed E-state index contributed by atoms with van der Waals surface area (Å²) in [5.41, 5.74) is -0.227. The number of amides is 1. The summed E-state index contributed by atoms with van der Waals surface area (Å²) in [6.07, 6.45) is 0. The van der Waals surface area contributed by atoms with Crippen molar-refractivity contribution in [2.45, 2.75) is 32.1 Å². The molecule has 0 aliphatic carbocycles. The highest BCUT2D eigenvalue weighted by molar-refractivity contribution is 7.99. The van der Waals surface area contributed by atoms with Crippen LogP contribution in [0.4, 0.5) is 0 Å². The Balaban J connectivity index is 2.45. The Bertz CT molecular complexity index is 471. The molecule has 0 saturated heterocycles. The molecule has 1 heterocycles. The van der Waals surface area contributed by atoms with E-state index >= 15 is 0 Å². The average Bonchev–Trinajstić information content (AvgIpc) is 2.73. The van der Waals surface area contributed by atoms with Gasteiger partial charge in [-0.3, -0.25) is 4.79 Å². The molecule has 1 aromatic rings. The van der Waals surface area contributed by atoms with E-state index in [0.717, 1.165) is 10.7 Å². The number of aromatic nitrogens is 1. The first kappa shape index (κ1) is 16.0. The number of likely N-dealkylation sites (N-methyl/N-ethyl adjacent to an activating group) is 1. The Kier molecular flexibility index (Phi) is 5.37. The maximum absolute atomic E-state index is 11.9.